The zero-order valence-corrected chi connectivity index (χ0v) is 29.8. The van der Waals surface area contributed by atoms with Crippen molar-refractivity contribution in [1.29, 1.82) is 0 Å². The molecule has 2 aromatic heterocycles. The maximum Gasteiger partial charge on any atom is 0.227 e. The molecule has 0 N–H and O–H groups in total. The summed E-state index contributed by atoms with van der Waals surface area (Å²) in [6.45, 7) is 0. The Morgan fingerprint density at radius 3 is 1.76 bits per heavy atom. The van der Waals surface area contributed by atoms with Gasteiger partial charge in [-0.2, -0.15) is 0 Å². The second kappa shape index (κ2) is 12.6. The zero-order valence-electron chi connectivity index (χ0n) is 29.8. The maximum absolute atomic E-state index is 6.52. The van der Waals surface area contributed by atoms with Gasteiger partial charge < -0.3 is 13.9 Å². The van der Waals surface area contributed by atoms with E-state index in [2.05, 4.69) is 179 Å². The number of nitrogens with zero attached hydrogens (tertiary/aromatic N) is 3. The van der Waals surface area contributed by atoms with E-state index in [9.17, 15) is 0 Å². The molecule has 0 bridgehead atoms. The Morgan fingerprint density at radius 2 is 0.982 bits per heavy atom. The lowest BCUT2D eigenvalue weighted by atomic mass is 9.93. The van der Waals surface area contributed by atoms with Gasteiger partial charge in [-0.25, -0.2) is 4.98 Å². The van der Waals surface area contributed by atoms with Crippen LogP contribution in [0.5, 0.6) is 0 Å². The number of fused-ring (bicyclic) bond motifs is 8. The molecule has 2 heterocycles. The largest absolute Gasteiger partial charge is 0.435 e. The molecule has 0 saturated carbocycles. The molecule has 0 atom stereocenters. The first kappa shape index (κ1) is 31.1. The van der Waals surface area contributed by atoms with Gasteiger partial charge in [-0.15, -0.1) is 0 Å². The predicted molar refractivity (Wildman–Crippen MR) is 229 cm³/mol. The predicted octanol–water partition coefficient (Wildman–Crippen LogP) is 14.0. The van der Waals surface area contributed by atoms with Crippen molar-refractivity contribution in [3.8, 4) is 28.3 Å². The molecule has 0 saturated heterocycles. The van der Waals surface area contributed by atoms with E-state index in [1.165, 1.54) is 32.6 Å². The van der Waals surface area contributed by atoms with Gasteiger partial charge in [0.1, 0.15) is 5.52 Å². The van der Waals surface area contributed by atoms with Gasteiger partial charge in [-0.05, 0) is 106 Å². The third kappa shape index (κ3) is 5.11. The monoisotopic (exact) mass is 703 g/mol. The van der Waals surface area contributed by atoms with Crippen molar-refractivity contribution in [1.82, 2.24) is 9.55 Å². The summed E-state index contributed by atoms with van der Waals surface area (Å²) < 4.78 is 8.90. The highest BCUT2D eigenvalue weighted by atomic mass is 16.3. The van der Waals surface area contributed by atoms with Crippen molar-refractivity contribution >= 4 is 71.5 Å². The molecule has 258 valence electrons. The lowest BCUT2D eigenvalue weighted by molar-refractivity contribution is 0.623. The van der Waals surface area contributed by atoms with Crippen LogP contribution in [-0.4, -0.2) is 9.55 Å². The Hall–Kier alpha value is -7.43. The molecule has 4 nitrogen and oxygen atoms in total. The summed E-state index contributed by atoms with van der Waals surface area (Å²) >= 11 is 0. The van der Waals surface area contributed by atoms with E-state index < -0.39 is 0 Å². The van der Waals surface area contributed by atoms with Crippen molar-refractivity contribution in [2.75, 3.05) is 4.90 Å². The minimum Gasteiger partial charge on any atom is -0.435 e. The number of hydrogen-bond acceptors (Lipinski definition) is 3. The summed E-state index contributed by atoms with van der Waals surface area (Å²) in [5.41, 5.74) is 11.7. The third-order valence-corrected chi connectivity index (χ3v) is 10.8. The van der Waals surface area contributed by atoms with E-state index in [0.29, 0.717) is 5.89 Å². The summed E-state index contributed by atoms with van der Waals surface area (Å²) in [5, 5.41) is 7.06. The summed E-state index contributed by atoms with van der Waals surface area (Å²) in [7, 11) is 0. The molecule has 0 aliphatic heterocycles. The van der Waals surface area contributed by atoms with Gasteiger partial charge in [0.15, 0.2) is 5.58 Å². The number of anilines is 3. The first-order chi connectivity index (χ1) is 27.3. The van der Waals surface area contributed by atoms with Crippen LogP contribution in [0.4, 0.5) is 17.1 Å². The van der Waals surface area contributed by atoms with Crippen molar-refractivity contribution < 1.29 is 4.42 Å². The molecule has 0 fully saturated rings. The molecule has 0 radical (unpaired) electrons. The smallest absolute Gasteiger partial charge is 0.227 e. The molecule has 4 heteroatoms. The van der Waals surface area contributed by atoms with Gasteiger partial charge >= 0.3 is 0 Å². The fraction of sp³-hybridized carbons (Fsp3) is 0. The lowest BCUT2D eigenvalue weighted by Gasteiger charge is -2.26. The molecular weight excluding hydrogens is 671 g/mol. The van der Waals surface area contributed by atoms with E-state index in [1.54, 1.807) is 0 Å². The van der Waals surface area contributed by atoms with E-state index in [-0.39, 0.29) is 0 Å². The molecule has 11 rings (SSSR count). The highest BCUT2D eigenvalue weighted by molar-refractivity contribution is 6.19. The van der Waals surface area contributed by atoms with Crippen molar-refractivity contribution in [3.63, 3.8) is 0 Å². The summed E-state index contributed by atoms with van der Waals surface area (Å²) in [4.78, 5) is 7.23. The van der Waals surface area contributed by atoms with E-state index in [0.717, 1.165) is 61.3 Å². The van der Waals surface area contributed by atoms with Crippen LogP contribution < -0.4 is 4.90 Å². The Bertz CT molecular complexity index is 3180. The number of hydrogen-bond donors (Lipinski definition) is 0. The molecule has 55 heavy (non-hydrogen) atoms. The second-order valence-corrected chi connectivity index (χ2v) is 14.0. The molecular formula is C51H33N3O. The second-order valence-electron chi connectivity index (χ2n) is 14.0. The fourth-order valence-corrected chi connectivity index (χ4v) is 8.28. The van der Waals surface area contributed by atoms with Crippen LogP contribution in [0.2, 0.25) is 0 Å². The van der Waals surface area contributed by atoms with Crippen LogP contribution in [0, 0.1) is 0 Å². The minimum atomic E-state index is 0.630. The van der Waals surface area contributed by atoms with Crippen molar-refractivity contribution in [3.05, 3.63) is 200 Å². The molecule has 0 aliphatic rings. The number of benzene rings is 9. The van der Waals surface area contributed by atoms with Gasteiger partial charge in [-0.1, -0.05) is 121 Å². The quantitative estimate of drug-likeness (QED) is 0.162. The minimum absolute atomic E-state index is 0.630. The average Bonchev–Trinajstić information content (AvgIpc) is 3.85. The van der Waals surface area contributed by atoms with Crippen LogP contribution in [0.15, 0.2) is 205 Å². The number of oxazole rings is 1. The lowest BCUT2D eigenvalue weighted by Crippen LogP contribution is -2.10. The van der Waals surface area contributed by atoms with Crippen LogP contribution >= 0.6 is 0 Å². The Balaban J connectivity index is 1.07. The van der Waals surface area contributed by atoms with Gasteiger partial charge in [0, 0.05) is 44.5 Å². The first-order valence-electron chi connectivity index (χ1n) is 18.6. The number of rotatable bonds is 6. The van der Waals surface area contributed by atoms with Crippen LogP contribution in [0.1, 0.15) is 0 Å². The van der Waals surface area contributed by atoms with E-state index in [1.807, 2.05) is 30.3 Å². The molecule has 9 aromatic carbocycles. The molecule has 0 spiro atoms. The SMILES string of the molecule is c1ccc(-c2nc3ccc4c5ccccc5c(-c5ccc(N(c6ccccc6)c6ccc7c8ccccc8n(-c8ccccc8)c7c6)cc5)cc4c3o2)cc1. The Labute approximate surface area is 317 Å². The molecule has 0 amide bonds. The van der Waals surface area contributed by atoms with Gasteiger partial charge in [0.2, 0.25) is 5.89 Å². The maximum atomic E-state index is 6.52. The standard InChI is InChI=1S/C51H33N3O/c1-4-14-35(15-5-1)51-52-47-31-30-42-40-20-10-11-21-41(40)45(33-46(42)50(47)55-51)34-24-26-38(27-25-34)53(36-16-6-2-7-17-36)39-28-29-44-43-22-12-13-23-48(43)54(49(44)32-39)37-18-8-3-9-19-37/h1-33H. The zero-order chi connectivity index (χ0) is 36.3. The summed E-state index contributed by atoms with van der Waals surface area (Å²) in [6, 6.07) is 71.0. The Morgan fingerprint density at radius 1 is 0.400 bits per heavy atom. The topological polar surface area (TPSA) is 34.2 Å². The average molecular weight is 704 g/mol. The van der Waals surface area contributed by atoms with E-state index >= 15 is 0 Å². The van der Waals surface area contributed by atoms with Crippen molar-refractivity contribution in [2.45, 2.75) is 0 Å². The highest BCUT2D eigenvalue weighted by Gasteiger charge is 2.19. The van der Waals surface area contributed by atoms with Crippen LogP contribution in [0.3, 0.4) is 0 Å². The highest BCUT2D eigenvalue weighted by Crippen LogP contribution is 2.42. The summed E-state index contributed by atoms with van der Waals surface area (Å²) in [6.07, 6.45) is 0. The Kier molecular flexibility index (Phi) is 7.14. The normalized spacial score (nSPS) is 11.6. The molecule has 11 aromatic rings. The molecule has 0 unspecified atom stereocenters. The number of aromatic nitrogens is 2. The summed E-state index contributed by atoms with van der Waals surface area (Å²) in [5.74, 6) is 0.630. The van der Waals surface area contributed by atoms with Gasteiger partial charge in [0.05, 0.1) is 11.0 Å². The number of para-hydroxylation sites is 3. The van der Waals surface area contributed by atoms with Gasteiger partial charge in [-0.3, -0.25) is 0 Å². The van der Waals surface area contributed by atoms with E-state index in [4.69, 9.17) is 9.40 Å². The van der Waals surface area contributed by atoms with Crippen LogP contribution in [0.25, 0.3) is 82.7 Å². The molecule has 0 aliphatic carbocycles. The van der Waals surface area contributed by atoms with Crippen LogP contribution in [-0.2, 0) is 0 Å². The fourth-order valence-electron chi connectivity index (χ4n) is 8.28. The first-order valence-corrected chi connectivity index (χ1v) is 18.6. The van der Waals surface area contributed by atoms with Crippen molar-refractivity contribution in [2.24, 2.45) is 0 Å². The third-order valence-electron chi connectivity index (χ3n) is 10.8. The van der Waals surface area contributed by atoms with Gasteiger partial charge in [0.25, 0.3) is 0 Å².